The van der Waals surface area contributed by atoms with E-state index >= 15 is 0 Å². The lowest BCUT2D eigenvalue weighted by Gasteiger charge is -2.30. The van der Waals surface area contributed by atoms with Gasteiger partial charge in [0.25, 0.3) is 0 Å². The van der Waals surface area contributed by atoms with Crippen LogP contribution in [0.3, 0.4) is 0 Å². The number of hydrogen-bond donors (Lipinski definition) is 1. The molecule has 1 aromatic rings. The summed E-state index contributed by atoms with van der Waals surface area (Å²) in [7, 11) is 0. The third kappa shape index (κ3) is 3.15. The summed E-state index contributed by atoms with van der Waals surface area (Å²) in [6.07, 6.45) is 4.22. The van der Waals surface area contributed by atoms with Crippen LogP contribution >= 0.6 is 23.2 Å². The summed E-state index contributed by atoms with van der Waals surface area (Å²) in [4.78, 5) is 0. The first-order chi connectivity index (χ1) is 8.08. The Kier molecular flexibility index (Phi) is 4.35. The van der Waals surface area contributed by atoms with Gasteiger partial charge in [0.15, 0.2) is 0 Å². The van der Waals surface area contributed by atoms with E-state index in [4.69, 9.17) is 23.2 Å². The molecule has 2 rings (SSSR count). The Balaban J connectivity index is 2.08. The van der Waals surface area contributed by atoms with Crippen LogP contribution in [0.15, 0.2) is 18.2 Å². The van der Waals surface area contributed by atoms with Gasteiger partial charge in [-0.15, -0.1) is 0 Å². The van der Waals surface area contributed by atoms with Crippen LogP contribution in [-0.2, 0) is 0 Å². The average molecular weight is 273 g/mol. The summed E-state index contributed by atoms with van der Waals surface area (Å²) in [6, 6.07) is 5.41. The van der Waals surface area contributed by atoms with Crippen LogP contribution in [0.2, 0.25) is 10.0 Å². The van der Waals surface area contributed by atoms with Crippen LogP contribution in [0.1, 0.15) is 44.3 Å². The summed E-state index contributed by atoms with van der Waals surface area (Å²) in [5.41, 5.74) is 0.888. The minimum absolute atomic E-state index is 0.364. The van der Waals surface area contributed by atoms with Crippen molar-refractivity contribution in [1.29, 1.82) is 0 Å². The second-order valence-corrected chi connectivity index (χ2v) is 5.95. The fraction of sp³-hybridized carbons (Fsp3) is 0.571. The second-order valence-electron chi connectivity index (χ2n) is 5.14. The van der Waals surface area contributed by atoms with Crippen molar-refractivity contribution in [3.8, 4) is 0 Å². The van der Waals surface area contributed by atoms with E-state index in [1.165, 1.54) is 12.8 Å². The lowest BCUT2D eigenvalue weighted by atomic mass is 9.78. The van der Waals surface area contributed by atoms with Crippen LogP contribution in [0.5, 0.6) is 0 Å². The summed E-state index contributed by atoms with van der Waals surface area (Å²) in [5, 5.41) is 11.4. The van der Waals surface area contributed by atoms with Crippen molar-refractivity contribution in [2.75, 3.05) is 0 Å². The van der Waals surface area contributed by atoms with E-state index in [0.717, 1.165) is 24.3 Å². The van der Waals surface area contributed by atoms with Crippen LogP contribution in [0.4, 0.5) is 0 Å². The molecule has 1 aliphatic rings. The Hall–Kier alpha value is -0.240. The predicted molar refractivity (Wildman–Crippen MR) is 72.5 cm³/mol. The predicted octanol–water partition coefficient (Wildman–Crippen LogP) is 4.85. The first-order valence-electron chi connectivity index (χ1n) is 6.21. The van der Waals surface area contributed by atoms with Gasteiger partial charge in [-0.2, -0.15) is 0 Å². The highest BCUT2D eigenvalue weighted by Gasteiger charge is 2.25. The Bertz CT molecular complexity index is 384. The highest BCUT2D eigenvalue weighted by molar-refractivity contribution is 6.42. The molecule has 0 amide bonds. The van der Waals surface area contributed by atoms with E-state index in [1.807, 2.05) is 6.07 Å². The zero-order valence-corrected chi connectivity index (χ0v) is 11.5. The van der Waals surface area contributed by atoms with Crippen molar-refractivity contribution in [3.05, 3.63) is 33.8 Å². The molecule has 17 heavy (non-hydrogen) atoms. The van der Waals surface area contributed by atoms with Crippen molar-refractivity contribution >= 4 is 23.2 Å². The molecule has 0 spiro atoms. The van der Waals surface area contributed by atoms with Crippen LogP contribution in [0.25, 0.3) is 0 Å². The van der Waals surface area contributed by atoms with Gasteiger partial charge in [0, 0.05) is 0 Å². The van der Waals surface area contributed by atoms with E-state index in [9.17, 15) is 5.11 Å². The number of aliphatic hydroxyl groups excluding tert-OH is 1. The minimum Gasteiger partial charge on any atom is -0.388 e. The molecule has 1 saturated carbocycles. The van der Waals surface area contributed by atoms with Crippen LogP contribution < -0.4 is 0 Å². The summed E-state index contributed by atoms with van der Waals surface area (Å²) >= 11 is 11.9. The molecule has 0 saturated heterocycles. The largest absolute Gasteiger partial charge is 0.388 e. The molecule has 1 unspecified atom stereocenters. The fourth-order valence-electron chi connectivity index (χ4n) is 2.57. The highest BCUT2D eigenvalue weighted by Crippen LogP contribution is 2.37. The molecular formula is C14H18Cl2O. The SMILES string of the molecule is CC1CCC(C(O)c2ccc(Cl)c(Cl)c2)CC1. The standard InChI is InChI=1S/C14H18Cl2O/c1-9-2-4-10(5-3-9)14(17)11-6-7-12(15)13(16)8-11/h6-10,14,17H,2-5H2,1H3. The van der Waals surface area contributed by atoms with Gasteiger partial charge < -0.3 is 5.11 Å². The van der Waals surface area contributed by atoms with E-state index in [1.54, 1.807) is 12.1 Å². The molecule has 0 bridgehead atoms. The average Bonchev–Trinajstić information content (AvgIpc) is 2.33. The number of benzene rings is 1. The zero-order valence-electron chi connectivity index (χ0n) is 10.00. The van der Waals surface area contributed by atoms with E-state index in [2.05, 4.69) is 6.92 Å². The molecular weight excluding hydrogens is 255 g/mol. The third-order valence-corrected chi connectivity index (χ3v) is 4.53. The second kappa shape index (κ2) is 5.60. The first-order valence-corrected chi connectivity index (χ1v) is 6.96. The Morgan fingerprint density at radius 3 is 2.35 bits per heavy atom. The van der Waals surface area contributed by atoms with Gasteiger partial charge in [-0.1, -0.05) is 49.0 Å². The van der Waals surface area contributed by atoms with Crippen molar-refractivity contribution in [1.82, 2.24) is 0 Å². The number of hydrogen-bond acceptors (Lipinski definition) is 1. The monoisotopic (exact) mass is 272 g/mol. The smallest absolute Gasteiger partial charge is 0.0818 e. The Labute approximate surface area is 113 Å². The van der Waals surface area contributed by atoms with Crippen LogP contribution in [0, 0.1) is 11.8 Å². The molecule has 1 atom stereocenters. The fourth-order valence-corrected chi connectivity index (χ4v) is 2.88. The van der Waals surface area contributed by atoms with Gasteiger partial charge in [-0.3, -0.25) is 0 Å². The van der Waals surface area contributed by atoms with Crippen molar-refractivity contribution < 1.29 is 5.11 Å². The molecule has 0 heterocycles. The molecule has 0 radical (unpaired) electrons. The zero-order chi connectivity index (χ0) is 12.4. The molecule has 1 fully saturated rings. The van der Waals surface area contributed by atoms with E-state index < -0.39 is 6.10 Å². The van der Waals surface area contributed by atoms with Crippen LogP contribution in [-0.4, -0.2) is 5.11 Å². The first kappa shape index (κ1) is 13.2. The topological polar surface area (TPSA) is 20.2 Å². The van der Waals surface area contributed by atoms with Gasteiger partial charge in [0.2, 0.25) is 0 Å². The Morgan fingerprint density at radius 2 is 1.76 bits per heavy atom. The van der Waals surface area contributed by atoms with Gasteiger partial charge in [-0.25, -0.2) is 0 Å². The molecule has 1 nitrogen and oxygen atoms in total. The normalized spacial score (nSPS) is 26.8. The maximum absolute atomic E-state index is 10.3. The molecule has 94 valence electrons. The van der Waals surface area contributed by atoms with E-state index in [-0.39, 0.29) is 0 Å². The molecule has 0 aromatic heterocycles. The Morgan fingerprint density at radius 1 is 1.12 bits per heavy atom. The van der Waals surface area contributed by atoms with E-state index in [0.29, 0.717) is 16.0 Å². The lowest BCUT2D eigenvalue weighted by Crippen LogP contribution is -2.19. The van der Waals surface area contributed by atoms with Gasteiger partial charge >= 0.3 is 0 Å². The molecule has 1 N–H and O–H groups in total. The number of rotatable bonds is 2. The van der Waals surface area contributed by atoms with Gasteiger partial charge in [0.1, 0.15) is 0 Å². The van der Waals surface area contributed by atoms with Crippen molar-refractivity contribution in [2.45, 2.75) is 38.7 Å². The van der Waals surface area contributed by atoms with Crippen molar-refractivity contribution in [2.24, 2.45) is 11.8 Å². The minimum atomic E-state index is -0.405. The maximum Gasteiger partial charge on any atom is 0.0818 e. The van der Waals surface area contributed by atoms with Gasteiger partial charge in [-0.05, 0) is 42.4 Å². The molecule has 1 aliphatic carbocycles. The third-order valence-electron chi connectivity index (χ3n) is 3.79. The maximum atomic E-state index is 10.3. The number of halogens is 2. The quantitative estimate of drug-likeness (QED) is 0.816. The summed E-state index contributed by atoms with van der Waals surface area (Å²) in [6.45, 7) is 2.28. The van der Waals surface area contributed by atoms with Crippen molar-refractivity contribution in [3.63, 3.8) is 0 Å². The molecule has 0 aliphatic heterocycles. The summed E-state index contributed by atoms with van der Waals surface area (Å²) in [5.74, 6) is 1.16. The highest BCUT2D eigenvalue weighted by atomic mass is 35.5. The molecule has 3 heteroatoms. The van der Waals surface area contributed by atoms with Gasteiger partial charge in [0.05, 0.1) is 16.1 Å². The number of aliphatic hydroxyl groups is 1. The lowest BCUT2D eigenvalue weighted by molar-refractivity contribution is 0.0756. The molecule has 1 aromatic carbocycles. The summed E-state index contributed by atoms with van der Waals surface area (Å²) < 4.78 is 0.